The molecule has 1 amide bonds. The predicted octanol–water partition coefficient (Wildman–Crippen LogP) is 3.74. The minimum atomic E-state index is -1.08. The van der Waals surface area contributed by atoms with E-state index in [0.717, 1.165) is 12.1 Å². The molecule has 0 bridgehead atoms. The molecule has 10 nitrogen and oxygen atoms in total. The van der Waals surface area contributed by atoms with Crippen molar-refractivity contribution in [3.8, 4) is 22.8 Å². The molecule has 37 heavy (non-hydrogen) atoms. The number of rotatable bonds is 11. The van der Waals surface area contributed by atoms with Crippen LogP contribution in [0.25, 0.3) is 28.0 Å². The number of nitrogens with zero attached hydrogens (tertiary/aromatic N) is 3. The number of para-hydroxylation sites is 1. The van der Waals surface area contributed by atoms with Crippen LogP contribution < -0.4 is 15.5 Å². The summed E-state index contributed by atoms with van der Waals surface area (Å²) in [6.07, 6.45) is 5.26. The predicted molar refractivity (Wildman–Crippen MR) is 137 cm³/mol. The fourth-order valence-corrected chi connectivity index (χ4v) is 4.01. The van der Waals surface area contributed by atoms with Crippen molar-refractivity contribution in [2.45, 2.75) is 45.6 Å². The van der Waals surface area contributed by atoms with E-state index in [2.05, 4.69) is 15.5 Å². The van der Waals surface area contributed by atoms with E-state index in [4.69, 9.17) is 9.15 Å². The first-order valence-electron chi connectivity index (χ1n) is 12.1. The zero-order valence-corrected chi connectivity index (χ0v) is 20.6. The zero-order chi connectivity index (χ0) is 26.4. The first kappa shape index (κ1) is 25.6. The number of carboxylic acids is 1. The van der Waals surface area contributed by atoms with Crippen LogP contribution in [-0.4, -0.2) is 44.4 Å². The average molecular weight is 505 g/mol. The minimum absolute atomic E-state index is 0.260. The number of benzene rings is 2. The lowest BCUT2D eigenvalue weighted by Gasteiger charge is -2.15. The van der Waals surface area contributed by atoms with Crippen LogP contribution in [0, 0.1) is 0 Å². The Hall–Kier alpha value is -4.47. The number of nitrogens with one attached hydrogen (secondary N) is 1. The summed E-state index contributed by atoms with van der Waals surface area (Å²) in [6, 6.07) is 11.7. The van der Waals surface area contributed by atoms with Gasteiger partial charge in [0.05, 0.1) is 5.39 Å². The lowest BCUT2D eigenvalue weighted by atomic mass is 10.1. The molecule has 0 aliphatic heterocycles. The summed E-state index contributed by atoms with van der Waals surface area (Å²) in [5.41, 5.74) is 1.79. The quantitative estimate of drug-likeness (QED) is 0.315. The summed E-state index contributed by atoms with van der Waals surface area (Å²) in [5, 5.41) is 20.3. The van der Waals surface area contributed by atoms with E-state index in [1.807, 2.05) is 44.2 Å². The smallest absolute Gasteiger partial charge is 0.326 e. The second-order valence-corrected chi connectivity index (χ2v) is 8.54. The first-order valence-corrected chi connectivity index (χ1v) is 12.1. The minimum Gasteiger partial charge on any atom is -0.483 e. The van der Waals surface area contributed by atoms with Crippen LogP contribution >= 0.6 is 0 Å². The summed E-state index contributed by atoms with van der Waals surface area (Å²) in [4.78, 5) is 37.2. The normalized spacial score (nSPS) is 11.8. The van der Waals surface area contributed by atoms with Crippen LogP contribution in [0.15, 0.2) is 64.3 Å². The number of amides is 1. The third kappa shape index (κ3) is 5.69. The van der Waals surface area contributed by atoms with Crippen molar-refractivity contribution in [1.29, 1.82) is 0 Å². The number of unbranched alkanes of at least 4 members (excludes halogenated alkanes) is 1. The molecule has 0 saturated carbocycles. The van der Waals surface area contributed by atoms with Crippen LogP contribution in [-0.2, 0) is 16.0 Å². The van der Waals surface area contributed by atoms with Crippen molar-refractivity contribution >= 4 is 22.8 Å². The molecule has 2 N–H and O–H groups in total. The number of hydrogen-bond acceptors (Lipinski definition) is 7. The molecular weight excluding hydrogens is 476 g/mol. The monoisotopic (exact) mass is 504 g/mol. The van der Waals surface area contributed by atoms with E-state index >= 15 is 0 Å². The van der Waals surface area contributed by atoms with Gasteiger partial charge in [-0.05, 0) is 36.6 Å². The van der Waals surface area contributed by atoms with E-state index in [1.54, 1.807) is 16.7 Å². The maximum Gasteiger partial charge on any atom is 0.326 e. The number of aryl methyl sites for hydroxylation is 1. The van der Waals surface area contributed by atoms with Crippen LogP contribution in [0.3, 0.4) is 0 Å². The molecule has 192 valence electrons. The second kappa shape index (κ2) is 11.5. The summed E-state index contributed by atoms with van der Waals surface area (Å²) in [6.45, 7) is 3.49. The summed E-state index contributed by atoms with van der Waals surface area (Å²) in [5.74, 6) is -0.882. The lowest BCUT2D eigenvalue weighted by Crippen LogP contribution is -2.42. The van der Waals surface area contributed by atoms with Crippen molar-refractivity contribution in [1.82, 2.24) is 20.1 Å². The highest BCUT2D eigenvalue weighted by Crippen LogP contribution is 2.27. The average Bonchev–Trinajstić information content (AvgIpc) is 3.39. The van der Waals surface area contributed by atoms with E-state index in [-0.39, 0.29) is 17.6 Å². The Kier molecular flexibility index (Phi) is 7.97. The van der Waals surface area contributed by atoms with Crippen LogP contribution in [0.2, 0.25) is 0 Å². The molecule has 2 aromatic heterocycles. The van der Waals surface area contributed by atoms with Gasteiger partial charge in [0.25, 0.3) is 5.91 Å². The standard InChI is InChI=1S/C27H28N4O6/c1-3-5-11-21(27(34)35)29-24(32)15-37-22-13-23-19(12-17(22)4-2)25(33)20(14-36-23)26-30-28-16-31(26)18-9-7-6-8-10-18/h6-10,12-14,16,21H,3-5,11,15H2,1-2H3,(H,29,32)(H,34,35)/t21-/m1/s1. The number of fused-ring (bicyclic) bond motifs is 1. The van der Waals surface area contributed by atoms with Crippen LogP contribution in [0.4, 0.5) is 0 Å². The zero-order valence-electron chi connectivity index (χ0n) is 20.6. The lowest BCUT2D eigenvalue weighted by molar-refractivity contribution is -0.142. The molecule has 0 saturated heterocycles. The number of carboxylic acid groups (broad SMARTS) is 1. The van der Waals surface area contributed by atoms with Gasteiger partial charge in [-0.15, -0.1) is 10.2 Å². The molecule has 2 aromatic carbocycles. The number of carbonyl (C=O) groups is 2. The molecule has 4 rings (SSSR count). The Morgan fingerprint density at radius 3 is 2.68 bits per heavy atom. The number of carbonyl (C=O) groups excluding carboxylic acids is 1. The van der Waals surface area contributed by atoms with Gasteiger partial charge in [-0.1, -0.05) is 44.9 Å². The number of hydrogen-bond donors (Lipinski definition) is 2. The Morgan fingerprint density at radius 1 is 1.19 bits per heavy atom. The summed E-state index contributed by atoms with van der Waals surface area (Å²) in [7, 11) is 0. The molecule has 0 unspecified atom stereocenters. The molecule has 1 atom stereocenters. The molecule has 0 fully saturated rings. The van der Waals surface area contributed by atoms with E-state index in [1.165, 1.54) is 12.6 Å². The molecule has 0 aliphatic carbocycles. The molecular formula is C27H28N4O6. The van der Waals surface area contributed by atoms with Crippen molar-refractivity contribution in [2.75, 3.05) is 6.61 Å². The van der Waals surface area contributed by atoms with Gasteiger partial charge >= 0.3 is 5.97 Å². The molecule has 2 heterocycles. The summed E-state index contributed by atoms with van der Waals surface area (Å²) < 4.78 is 13.2. The molecule has 0 spiro atoms. The Balaban J connectivity index is 1.59. The van der Waals surface area contributed by atoms with E-state index < -0.39 is 17.9 Å². The fourth-order valence-electron chi connectivity index (χ4n) is 4.01. The van der Waals surface area contributed by atoms with Gasteiger partial charge in [0.15, 0.2) is 12.4 Å². The first-order chi connectivity index (χ1) is 17.9. The number of aromatic nitrogens is 3. The SMILES string of the molecule is CCCC[C@@H](NC(=O)COc1cc2occ(-c3nncn3-c3ccccc3)c(=O)c2cc1CC)C(=O)O. The van der Waals surface area contributed by atoms with Crippen molar-refractivity contribution in [2.24, 2.45) is 0 Å². The molecule has 0 radical (unpaired) electrons. The van der Waals surface area contributed by atoms with Gasteiger partial charge in [0.2, 0.25) is 5.43 Å². The van der Waals surface area contributed by atoms with Gasteiger partial charge in [-0.25, -0.2) is 4.79 Å². The maximum absolute atomic E-state index is 13.4. The van der Waals surface area contributed by atoms with Crippen LogP contribution in [0.5, 0.6) is 5.75 Å². The highest BCUT2D eigenvalue weighted by Gasteiger charge is 2.21. The van der Waals surface area contributed by atoms with Gasteiger partial charge < -0.3 is 19.6 Å². The van der Waals surface area contributed by atoms with Crippen molar-refractivity contribution < 1.29 is 23.8 Å². The van der Waals surface area contributed by atoms with E-state index in [9.17, 15) is 19.5 Å². The second-order valence-electron chi connectivity index (χ2n) is 8.54. The van der Waals surface area contributed by atoms with Crippen LogP contribution in [0.1, 0.15) is 38.7 Å². The van der Waals surface area contributed by atoms with Gasteiger partial charge in [-0.2, -0.15) is 0 Å². The highest BCUT2D eigenvalue weighted by atomic mass is 16.5. The van der Waals surface area contributed by atoms with Gasteiger partial charge in [0, 0.05) is 11.8 Å². The number of aliphatic carboxylic acids is 1. The third-order valence-corrected chi connectivity index (χ3v) is 6.00. The summed E-state index contributed by atoms with van der Waals surface area (Å²) >= 11 is 0. The van der Waals surface area contributed by atoms with E-state index in [0.29, 0.717) is 47.4 Å². The van der Waals surface area contributed by atoms with Crippen molar-refractivity contribution in [3.05, 3.63) is 70.8 Å². The van der Waals surface area contributed by atoms with Gasteiger partial charge in [0.1, 0.15) is 35.5 Å². The Bertz CT molecular complexity index is 1460. The van der Waals surface area contributed by atoms with Gasteiger partial charge in [-0.3, -0.25) is 14.2 Å². The molecule has 0 aliphatic rings. The Morgan fingerprint density at radius 2 is 1.97 bits per heavy atom. The molecule has 4 aromatic rings. The topological polar surface area (TPSA) is 137 Å². The highest BCUT2D eigenvalue weighted by molar-refractivity contribution is 5.85. The van der Waals surface area contributed by atoms with Crippen molar-refractivity contribution in [3.63, 3.8) is 0 Å². The number of ether oxygens (including phenoxy) is 1. The molecule has 10 heteroatoms. The largest absolute Gasteiger partial charge is 0.483 e. The Labute approximate surface area is 212 Å². The third-order valence-electron chi connectivity index (χ3n) is 6.00. The fraction of sp³-hybridized carbons (Fsp3) is 0.296. The maximum atomic E-state index is 13.4.